The maximum absolute atomic E-state index is 5.56. The molecule has 1 N–H and O–H groups in total. The van der Waals surface area contributed by atoms with Gasteiger partial charge in [0.15, 0.2) is 0 Å². The number of aryl methyl sites for hydroxylation is 2. The van der Waals surface area contributed by atoms with Crippen molar-refractivity contribution in [1.29, 1.82) is 0 Å². The van der Waals surface area contributed by atoms with Crippen LogP contribution in [0.2, 0.25) is 0 Å². The van der Waals surface area contributed by atoms with Crippen LogP contribution in [0.25, 0.3) is 0 Å². The van der Waals surface area contributed by atoms with Gasteiger partial charge in [-0.3, -0.25) is 4.68 Å². The fourth-order valence-corrected chi connectivity index (χ4v) is 2.18. The Bertz CT molecular complexity index is 473. The Hall–Kier alpha value is -1.55. The Morgan fingerprint density at radius 1 is 1.44 bits per heavy atom. The van der Waals surface area contributed by atoms with Crippen LogP contribution in [0.1, 0.15) is 43.3 Å². The number of nitrogens with zero attached hydrogens (tertiary/aromatic N) is 2. The van der Waals surface area contributed by atoms with Crippen LogP contribution < -0.4 is 5.32 Å². The average Bonchev–Trinajstić information content (AvgIpc) is 2.99. The van der Waals surface area contributed by atoms with Crippen LogP contribution in [0.15, 0.2) is 29.0 Å². The Morgan fingerprint density at radius 3 is 2.89 bits per heavy atom. The van der Waals surface area contributed by atoms with Gasteiger partial charge in [0.25, 0.3) is 0 Å². The van der Waals surface area contributed by atoms with Gasteiger partial charge in [0.1, 0.15) is 5.76 Å². The van der Waals surface area contributed by atoms with Gasteiger partial charge in [0.05, 0.1) is 18.0 Å². The molecule has 0 amide bonds. The van der Waals surface area contributed by atoms with Gasteiger partial charge in [-0.1, -0.05) is 13.8 Å². The Kier molecular flexibility index (Phi) is 4.20. The topological polar surface area (TPSA) is 43.0 Å². The van der Waals surface area contributed by atoms with Gasteiger partial charge < -0.3 is 9.73 Å². The first kappa shape index (κ1) is 12.9. The Balaban J connectivity index is 2.33. The van der Waals surface area contributed by atoms with Crippen molar-refractivity contribution in [2.24, 2.45) is 7.05 Å². The van der Waals surface area contributed by atoms with Gasteiger partial charge in [-0.2, -0.15) is 5.10 Å². The summed E-state index contributed by atoms with van der Waals surface area (Å²) in [4.78, 5) is 0. The van der Waals surface area contributed by atoms with E-state index in [1.54, 1.807) is 6.26 Å². The van der Waals surface area contributed by atoms with Crippen molar-refractivity contribution in [3.8, 4) is 0 Å². The molecule has 2 aromatic rings. The van der Waals surface area contributed by atoms with Crippen LogP contribution in [0, 0.1) is 0 Å². The van der Waals surface area contributed by atoms with E-state index in [0.29, 0.717) is 0 Å². The van der Waals surface area contributed by atoms with Crippen LogP contribution in [0.4, 0.5) is 0 Å². The maximum atomic E-state index is 5.56. The molecule has 0 fully saturated rings. The summed E-state index contributed by atoms with van der Waals surface area (Å²) >= 11 is 0. The van der Waals surface area contributed by atoms with Gasteiger partial charge in [-0.05, 0) is 31.5 Å². The average molecular weight is 247 g/mol. The molecule has 2 aromatic heterocycles. The largest absolute Gasteiger partial charge is 0.467 e. The van der Waals surface area contributed by atoms with E-state index in [9.17, 15) is 0 Å². The highest BCUT2D eigenvalue weighted by Crippen LogP contribution is 2.25. The van der Waals surface area contributed by atoms with E-state index in [1.807, 2.05) is 23.9 Å². The van der Waals surface area contributed by atoms with E-state index in [0.717, 1.165) is 30.8 Å². The van der Waals surface area contributed by atoms with Crippen molar-refractivity contribution in [1.82, 2.24) is 15.1 Å². The second-order valence-corrected chi connectivity index (χ2v) is 4.46. The van der Waals surface area contributed by atoms with Crippen molar-refractivity contribution in [3.05, 3.63) is 41.6 Å². The molecule has 1 atom stereocenters. The molecule has 0 bridgehead atoms. The second-order valence-electron chi connectivity index (χ2n) is 4.46. The molecule has 0 saturated heterocycles. The van der Waals surface area contributed by atoms with Crippen LogP contribution in [0.3, 0.4) is 0 Å². The molecular formula is C14H21N3O. The summed E-state index contributed by atoms with van der Waals surface area (Å²) in [5.41, 5.74) is 2.34. The summed E-state index contributed by atoms with van der Waals surface area (Å²) in [7, 11) is 1.96. The summed E-state index contributed by atoms with van der Waals surface area (Å²) in [6.07, 6.45) is 5.83. The molecule has 18 heavy (non-hydrogen) atoms. The summed E-state index contributed by atoms with van der Waals surface area (Å²) in [6, 6.07) is 4.04. The summed E-state index contributed by atoms with van der Waals surface area (Å²) in [6.45, 7) is 5.25. The predicted octanol–water partition coefficient (Wildman–Crippen LogP) is 2.66. The first-order valence-electron chi connectivity index (χ1n) is 6.55. The number of hydrogen-bond donors (Lipinski definition) is 1. The van der Waals surface area contributed by atoms with Crippen LogP contribution in [0.5, 0.6) is 0 Å². The van der Waals surface area contributed by atoms with Crippen molar-refractivity contribution >= 4 is 0 Å². The number of furan rings is 1. The zero-order valence-corrected chi connectivity index (χ0v) is 11.3. The quantitative estimate of drug-likeness (QED) is 0.853. The zero-order valence-electron chi connectivity index (χ0n) is 11.3. The lowest BCUT2D eigenvalue weighted by Gasteiger charge is -2.16. The molecule has 4 nitrogen and oxygen atoms in total. The molecule has 2 rings (SSSR count). The molecule has 0 aliphatic heterocycles. The lowest BCUT2D eigenvalue weighted by molar-refractivity contribution is 0.445. The lowest BCUT2D eigenvalue weighted by Crippen LogP contribution is -2.23. The SMILES string of the molecule is CCCNC(c1ccco1)c1cn(C)nc1CC. The van der Waals surface area contributed by atoms with Crippen molar-refractivity contribution < 1.29 is 4.42 Å². The van der Waals surface area contributed by atoms with E-state index in [-0.39, 0.29) is 6.04 Å². The molecule has 0 saturated carbocycles. The molecule has 2 heterocycles. The number of hydrogen-bond acceptors (Lipinski definition) is 3. The van der Waals surface area contributed by atoms with E-state index in [1.165, 1.54) is 5.56 Å². The fraction of sp³-hybridized carbons (Fsp3) is 0.500. The third kappa shape index (κ3) is 2.64. The van der Waals surface area contributed by atoms with Gasteiger partial charge in [0, 0.05) is 18.8 Å². The van der Waals surface area contributed by atoms with Gasteiger partial charge in [-0.25, -0.2) is 0 Å². The van der Waals surface area contributed by atoms with E-state index < -0.39 is 0 Å². The third-order valence-electron chi connectivity index (χ3n) is 3.01. The molecule has 0 radical (unpaired) electrons. The normalized spacial score (nSPS) is 12.8. The van der Waals surface area contributed by atoms with Gasteiger partial charge in [0.2, 0.25) is 0 Å². The first-order chi connectivity index (χ1) is 8.76. The minimum Gasteiger partial charge on any atom is -0.467 e. The summed E-state index contributed by atoms with van der Waals surface area (Å²) in [5.74, 6) is 0.950. The third-order valence-corrected chi connectivity index (χ3v) is 3.01. The number of rotatable bonds is 6. The predicted molar refractivity (Wildman–Crippen MR) is 71.4 cm³/mol. The molecule has 1 unspecified atom stereocenters. The smallest absolute Gasteiger partial charge is 0.125 e. The monoisotopic (exact) mass is 247 g/mol. The maximum Gasteiger partial charge on any atom is 0.125 e. The second kappa shape index (κ2) is 5.87. The zero-order chi connectivity index (χ0) is 13.0. The van der Waals surface area contributed by atoms with Gasteiger partial charge >= 0.3 is 0 Å². The van der Waals surface area contributed by atoms with Crippen molar-refractivity contribution in [2.75, 3.05) is 6.54 Å². The minimum atomic E-state index is 0.101. The molecular weight excluding hydrogens is 226 g/mol. The highest BCUT2D eigenvalue weighted by molar-refractivity contribution is 5.28. The fourth-order valence-electron chi connectivity index (χ4n) is 2.18. The summed E-state index contributed by atoms with van der Waals surface area (Å²) < 4.78 is 7.43. The first-order valence-corrected chi connectivity index (χ1v) is 6.55. The van der Waals surface area contributed by atoms with Crippen LogP contribution >= 0.6 is 0 Å². The molecule has 0 aromatic carbocycles. The standard InChI is InChI=1S/C14H21N3O/c1-4-8-15-14(13-7-6-9-18-13)11-10-17(3)16-12(11)5-2/h6-7,9-10,14-15H,4-5,8H2,1-3H3. The Labute approximate surface area is 108 Å². The van der Waals surface area contributed by atoms with E-state index in [4.69, 9.17) is 4.42 Å². The minimum absolute atomic E-state index is 0.101. The number of aromatic nitrogens is 2. The van der Waals surface area contributed by atoms with Crippen LogP contribution in [-0.4, -0.2) is 16.3 Å². The summed E-state index contributed by atoms with van der Waals surface area (Å²) in [5, 5.41) is 8.03. The van der Waals surface area contributed by atoms with E-state index >= 15 is 0 Å². The van der Waals surface area contributed by atoms with Crippen molar-refractivity contribution in [3.63, 3.8) is 0 Å². The molecule has 98 valence electrons. The van der Waals surface area contributed by atoms with Crippen molar-refractivity contribution in [2.45, 2.75) is 32.7 Å². The molecule has 0 spiro atoms. The number of nitrogens with one attached hydrogen (secondary N) is 1. The van der Waals surface area contributed by atoms with Crippen LogP contribution in [-0.2, 0) is 13.5 Å². The molecule has 4 heteroatoms. The molecule has 0 aliphatic rings. The lowest BCUT2D eigenvalue weighted by atomic mass is 10.0. The van der Waals surface area contributed by atoms with E-state index in [2.05, 4.69) is 30.5 Å². The molecule has 0 aliphatic carbocycles. The van der Waals surface area contributed by atoms with Gasteiger partial charge in [-0.15, -0.1) is 0 Å². The highest BCUT2D eigenvalue weighted by atomic mass is 16.3. The Morgan fingerprint density at radius 2 is 2.28 bits per heavy atom. The highest BCUT2D eigenvalue weighted by Gasteiger charge is 2.21.